The van der Waals surface area contributed by atoms with E-state index in [0.29, 0.717) is 13.0 Å². The molecule has 4 rings (SSSR count). The van der Waals surface area contributed by atoms with E-state index in [1.165, 1.54) is 5.56 Å². The quantitative estimate of drug-likeness (QED) is 0.726. The minimum atomic E-state index is -1.47. The third-order valence-electron chi connectivity index (χ3n) is 5.77. The highest BCUT2D eigenvalue weighted by Crippen LogP contribution is 2.39. The normalized spacial score (nSPS) is 20.8. The van der Waals surface area contributed by atoms with Gasteiger partial charge in [-0.25, -0.2) is 9.59 Å². The molecule has 2 heterocycles. The van der Waals surface area contributed by atoms with Crippen LogP contribution in [-0.2, 0) is 25.6 Å². The smallest absolute Gasteiger partial charge is 0.344 e. The number of ether oxygens (including phenoxy) is 2. The number of anilines is 1. The lowest BCUT2D eigenvalue weighted by Crippen LogP contribution is -2.62. The summed E-state index contributed by atoms with van der Waals surface area (Å²) in [5.74, 6) is -2.63. The molecule has 0 aromatic heterocycles. The zero-order valence-corrected chi connectivity index (χ0v) is 17.3. The predicted molar refractivity (Wildman–Crippen MR) is 114 cm³/mol. The molecule has 2 aromatic carbocycles. The molecule has 156 valence electrons. The Kier molecular flexibility index (Phi) is 5.59. The highest BCUT2D eigenvalue weighted by molar-refractivity contribution is 5.93. The van der Waals surface area contributed by atoms with E-state index in [4.69, 9.17) is 9.47 Å². The molecule has 0 bridgehead atoms. The number of aryl methyl sites for hydroxylation is 1. The fraction of sp³-hybridized carbons (Fsp3) is 0.333. The summed E-state index contributed by atoms with van der Waals surface area (Å²) in [6, 6.07) is 18.1. The molecule has 0 N–H and O–H groups in total. The van der Waals surface area contributed by atoms with E-state index in [2.05, 4.69) is 17.0 Å². The minimum Gasteiger partial charge on any atom is -0.400 e. The van der Waals surface area contributed by atoms with Gasteiger partial charge in [-0.2, -0.15) is 0 Å². The van der Waals surface area contributed by atoms with Crippen molar-refractivity contribution in [3.05, 3.63) is 77.9 Å². The van der Waals surface area contributed by atoms with Crippen molar-refractivity contribution in [2.24, 2.45) is 0 Å². The average Bonchev–Trinajstić information content (AvgIpc) is 2.87. The molecule has 0 radical (unpaired) electrons. The van der Waals surface area contributed by atoms with Crippen LogP contribution in [-0.4, -0.2) is 42.4 Å². The van der Waals surface area contributed by atoms with E-state index in [1.807, 2.05) is 61.3 Å². The van der Waals surface area contributed by atoms with Gasteiger partial charge in [0.25, 0.3) is 0 Å². The van der Waals surface area contributed by atoms with Crippen LogP contribution in [0.3, 0.4) is 0 Å². The molecular weight excluding hydrogens is 380 g/mol. The first-order chi connectivity index (χ1) is 14.5. The van der Waals surface area contributed by atoms with Crippen LogP contribution >= 0.6 is 0 Å². The maximum Gasteiger partial charge on any atom is 0.344 e. The van der Waals surface area contributed by atoms with Crippen LogP contribution in [0.5, 0.6) is 0 Å². The molecule has 30 heavy (non-hydrogen) atoms. The van der Waals surface area contributed by atoms with E-state index in [0.717, 1.165) is 36.4 Å². The summed E-state index contributed by atoms with van der Waals surface area (Å²) >= 11 is 0. The van der Waals surface area contributed by atoms with E-state index in [1.54, 1.807) is 0 Å². The van der Waals surface area contributed by atoms with Crippen LogP contribution in [0.25, 0.3) is 0 Å². The van der Waals surface area contributed by atoms with Crippen LogP contribution in [0, 0.1) is 6.92 Å². The highest BCUT2D eigenvalue weighted by Gasteiger charge is 2.51. The summed E-state index contributed by atoms with van der Waals surface area (Å²) in [7, 11) is 2.05. The number of benzene rings is 2. The molecule has 1 fully saturated rings. The number of piperidine rings is 1. The molecule has 6 nitrogen and oxygen atoms in total. The summed E-state index contributed by atoms with van der Waals surface area (Å²) < 4.78 is 11.6. The van der Waals surface area contributed by atoms with Crippen molar-refractivity contribution >= 4 is 17.6 Å². The van der Waals surface area contributed by atoms with Gasteiger partial charge < -0.3 is 9.47 Å². The van der Waals surface area contributed by atoms with Crippen LogP contribution in [0.4, 0.5) is 5.69 Å². The molecule has 1 atom stereocenters. The lowest BCUT2D eigenvalue weighted by atomic mass is 9.97. The SMILES string of the molecule is Cc1ccccc1N1CCC(N(C)Cc2ccccc2)CC12OC(=O)C=CC(=O)O2. The van der Waals surface area contributed by atoms with Crippen molar-refractivity contribution in [3.63, 3.8) is 0 Å². The number of hydrogen-bond donors (Lipinski definition) is 0. The Morgan fingerprint density at radius 2 is 1.63 bits per heavy atom. The van der Waals surface area contributed by atoms with Gasteiger partial charge >= 0.3 is 17.8 Å². The second kappa shape index (κ2) is 8.32. The predicted octanol–water partition coefficient (Wildman–Crippen LogP) is 3.41. The first-order valence-electron chi connectivity index (χ1n) is 10.2. The van der Waals surface area contributed by atoms with Crippen molar-refractivity contribution < 1.29 is 19.1 Å². The van der Waals surface area contributed by atoms with Gasteiger partial charge in [-0.3, -0.25) is 9.80 Å². The van der Waals surface area contributed by atoms with Crippen LogP contribution in [0.15, 0.2) is 66.7 Å². The summed E-state index contributed by atoms with van der Waals surface area (Å²) in [6.45, 7) is 3.34. The Bertz CT molecular complexity index is 937. The fourth-order valence-electron chi connectivity index (χ4n) is 4.24. The molecule has 2 aromatic rings. The second-order valence-electron chi connectivity index (χ2n) is 7.87. The Balaban J connectivity index is 1.65. The standard InChI is InChI=1S/C24H26N2O4/c1-18-8-6-7-11-21(18)26-15-14-20(25(2)17-19-9-4-3-5-10-19)16-24(26)29-22(27)12-13-23(28)30-24/h3-13,20H,14-17H2,1-2H3. The molecule has 0 aliphatic carbocycles. The largest absolute Gasteiger partial charge is 0.400 e. The van der Waals surface area contributed by atoms with E-state index < -0.39 is 17.8 Å². The monoisotopic (exact) mass is 406 g/mol. The molecule has 0 saturated carbocycles. The van der Waals surface area contributed by atoms with Crippen molar-refractivity contribution in [3.8, 4) is 0 Å². The van der Waals surface area contributed by atoms with E-state index >= 15 is 0 Å². The molecule has 2 aliphatic heterocycles. The number of hydrogen-bond acceptors (Lipinski definition) is 6. The number of para-hydroxylation sites is 1. The Hall–Kier alpha value is -3.12. The van der Waals surface area contributed by atoms with Crippen LogP contribution in [0.1, 0.15) is 24.0 Å². The van der Waals surface area contributed by atoms with E-state index in [9.17, 15) is 9.59 Å². The van der Waals surface area contributed by atoms with Gasteiger partial charge in [-0.15, -0.1) is 0 Å². The summed E-state index contributed by atoms with van der Waals surface area (Å²) in [5.41, 5.74) is 3.12. The maximum absolute atomic E-state index is 12.3. The summed E-state index contributed by atoms with van der Waals surface area (Å²) in [4.78, 5) is 28.8. The highest BCUT2D eigenvalue weighted by atomic mass is 16.8. The molecule has 1 saturated heterocycles. The van der Waals surface area contributed by atoms with Gasteiger partial charge in [0, 0.05) is 37.0 Å². The van der Waals surface area contributed by atoms with Crippen molar-refractivity contribution in [1.82, 2.24) is 4.90 Å². The first kappa shape index (κ1) is 20.2. The zero-order chi connectivity index (χ0) is 21.1. The summed E-state index contributed by atoms with van der Waals surface area (Å²) in [6.07, 6.45) is 3.47. The van der Waals surface area contributed by atoms with Crippen molar-refractivity contribution in [2.45, 2.75) is 38.3 Å². The van der Waals surface area contributed by atoms with Crippen molar-refractivity contribution in [2.75, 3.05) is 18.5 Å². The van der Waals surface area contributed by atoms with Gasteiger partial charge in [0.1, 0.15) is 0 Å². The molecule has 2 aliphatic rings. The lowest BCUT2D eigenvalue weighted by Gasteiger charge is -2.49. The Morgan fingerprint density at radius 3 is 2.30 bits per heavy atom. The minimum absolute atomic E-state index is 0.0733. The topological polar surface area (TPSA) is 59.1 Å². The molecular formula is C24H26N2O4. The first-order valence-corrected chi connectivity index (χ1v) is 10.2. The van der Waals surface area contributed by atoms with Gasteiger partial charge in [0.15, 0.2) is 0 Å². The lowest BCUT2D eigenvalue weighted by molar-refractivity contribution is -0.232. The average molecular weight is 406 g/mol. The number of carbonyl (C=O) groups is 2. The fourth-order valence-corrected chi connectivity index (χ4v) is 4.24. The second-order valence-corrected chi connectivity index (χ2v) is 7.87. The van der Waals surface area contributed by atoms with Gasteiger partial charge in [-0.1, -0.05) is 48.5 Å². The van der Waals surface area contributed by atoms with Gasteiger partial charge in [-0.05, 0) is 37.6 Å². The Labute approximate surface area is 176 Å². The van der Waals surface area contributed by atoms with E-state index in [-0.39, 0.29) is 6.04 Å². The number of nitrogens with zero attached hydrogens (tertiary/aromatic N) is 2. The third-order valence-corrected chi connectivity index (χ3v) is 5.77. The molecule has 0 amide bonds. The van der Waals surface area contributed by atoms with Crippen molar-refractivity contribution in [1.29, 1.82) is 0 Å². The summed E-state index contributed by atoms with van der Waals surface area (Å²) in [5, 5.41) is 0. The van der Waals surface area contributed by atoms with Gasteiger partial charge in [0.2, 0.25) is 0 Å². The molecule has 6 heteroatoms. The molecule has 1 unspecified atom stereocenters. The van der Waals surface area contributed by atoms with Gasteiger partial charge in [0.05, 0.1) is 6.42 Å². The number of carbonyl (C=O) groups excluding carboxylic acids is 2. The van der Waals surface area contributed by atoms with Crippen LogP contribution < -0.4 is 4.90 Å². The molecule has 1 spiro atoms. The number of rotatable bonds is 4. The Morgan fingerprint density at radius 1 is 1.00 bits per heavy atom. The zero-order valence-electron chi connectivity index (χ0n) is 17.3. The number of esters is 2. The third kappa shape index (κ3) is 4.09. The van der Waals surface area contributed by atoms with Crippen LogP contribution in [0.2, 0.25) is 0 Å². The maximum atomic E-state index is 12.3.